The van der Waals surface area contributed by atoms with E-state index in [1.54, 1.807) is 12.5 Å². The van der Waals surface area contributed by atoms with Crippen LogP contribution in [0.15, 0.2) is 49.3 Å². The Morgan fingerprint density at radius 1 is 1.25 bits per heavy atom. The normalized spacial score (nSPS) is 16.2. The zero-order valence-corrected chi connectivity index (χ0v) is 15.7. The van der Waals surface area contributed by atoms with Crippen molar-refractivity contribution in [3.63, 3.8) is 0 Å². The van der Waals surface area contributed by atoms with Crippen LogP contribution in [0, 0.1) is 0 Å². The highest BCUT2D eigenvalue weighted by Gasteiger charge is 2.29. The number of carbonyl (C=O) groups is 1. The average Bonchev–Trinajstić information content (AvgIpc) is 3.40. The Balaban J connectivity index is 1.34. The van der Waals surface area contributed by atoms with Gasteiger partial charge in [0.1, 0.15) is 5.82 Å². The van der Waals surface area contributed by atoms with Crippen LogP contribution in [-0.2, 0) is 17.8 Å². The number of H-pyrrole nitrogens is 1. The maximum Gasteiger partial charge on any atom is 0.239 e. The quantitative estimate of drug-likeness (QED) is 0.672. The minimum absolute atomic E-state index is 0.00452. The second kappa shape index (κ2) is 8.35. The molecule has 1 fully saturated rings. The molecule has 1 atom stereocenters. The molecule has 1 saturated heterocycles. The molecule has 4 heterocycles. The van der Waals surface area contributed by atoms with Crippen molar-refractivity contribution in [2.45, 2.75) is 37.8 Å². The van der Waals surface area contributed by atoms with E-state index in [0.29, 0.717) is 32.0 Å². The Hall–Kier alpha value is -3.00. The van der Waals surface area contributed by atoms with Crippen LogP contribution in [0.2, 0.25) is 0 Å². The number of nitrogens with one attached hydrogen (secondary N) is 1. The summed E-state index contributed by atoms with van der Waals surface area (Å²) in [5.74, 6) is 1.41. The first kappa shape index (κ1) is 18.4. The molecule has 1 aliphatic heterocycles. The molecule has 1 aliphatic rings. The molecule has 3 aromatic rings. The van der Waals surface area contributed by atoms with Crippen LogP contribution in [0.5, 0.6) is 0 Å². The summed E-state index contributed by atoms with van der Waals surface area (Å²) in [7, 11) is 0. The second-order valence-corrected chi connectivity index (χ2v) is 7.22. The van der Waals surface area contributed by atoms with Crippen LogP contribution in [0.3, 0.4) is 0 Å². The molecule has 0 saturated carbocycles. The van der Waals surface area contributed by atoms with Crippen molar-refractivity contribution in [2.75, 3.05) is 13.1 Å². The number of amides is 1. The molecule has 3 N–H and O–H groups in total. The maximum absolute atomic E-state index is 12.7. The van der Waals surface area contributed by atoms with Gasteiger partial charge in [0, 0.05) is 55.9 Å². The number of aromatic nitrogens is 5. The number of hydrogen-bond acceptors (Lipinski definition) is 5. The second-order valence-electron chi connectivity index (χ2n) is 7.22. The molecular formula is C20H25N7O. The van der Waals surface area contributed by atoms with Crippen LogP contribution >= 0.6 is 0 Å². The summed E-state index contributed by atoms with van der Waals surface area (Å²) in [6.45, 7) is 2.12. The summed E-state index contributed by atoms with van der Waals surface area (Å²) < 4.78 is 2.16. The molecule has 0 unspecified atom stereocenters. The summed E-state index contributed by atoms with van der Waals surface area (Å²) >= 11 is 0. The minimum Gasteiger partial charge on any atom is -0.348 e. The standard InChI is InChI=1S/C20H25N7O/c21-18(11-17-12-22-14-25-17)20(28)26-8-4-15(5-9-26)19-24-7-10-27(19)13-16-3-1-2-6-23-16/h1-3,6-7,10,12,14-15,18H,4-5,8-9,11,13,21H2,(H,22,25)/t18-/m0/s1. The number of imidazole rings is 2. The number of aromatic amines is 1. The Kier molecular flexibility index (Phi) is 5.48. The smallest absolute Gasteiger partial charge is 0.239 e. The number of hydrogen-bond donors (Lipinski definition) is 2. The zero-order valence-electron chi connectivity index (χ0n) is 15.7. The summed E-state index contributed by atoms with van der Waals surface area (Å²) in [6, 6.07) is 5.40. The first-order chi connectivity index (χ1) is 13.7. The number of rotatable bonds is 6. The lowest BCUT2D eigenvalue weighted by Crippen LogP contribution is -2.48. The molecule has 1 amide bonds. The molecule has 8 nitrogen and oxygen atoms in total. The number of piperidine rings is 1. The fraction of sp³-hybridized carbons (Fsp3) is 0.400. The molecule has 0 aliphatic carbocycles. The van der Waals surface area contributed by atoms with Gasteiger partial charge in [-0.2, -0.15) is 0 Å². The lowest BCUT2D eigenvalue weighted by atomic mass is 9.95. The van der Waals surface area contributed by atoms with Gasteiger partial charge in [-0.05, 0) is 25.0 Å². The van der Waals surface area contributed by atoms with Gasteiger partial charge in [-0.15, -0.1) is 0 Å². The van der Waals surface area contributed by atoms with Gasteiger partial charge in [0.2, 0.25) is 5.91 Å². The fourth-order valence-corrected chi connectivity index (χ4v) is 3.79. The van der Waals surface area contributed by atoms with E-state index in [4.69, 9.17) is 5.73 Å². The van der Waals surface area contributed by atoms with Crippen molar-refractivity contribution in [3.05, 3.63) is 66.5 Å². The summed E-state index contributed by atoms with van der Waals surface area (Å²) in [5.41, 5.74) is 8.01. The van der Waals surface area contributed by atoms with E-state index in [0.717, 1.165) is 30.1 Å². The van der Waals surface area contributed by atoms with E-state index in [1.165, 1.54) is 0 Å². The molecule has 0 bridgehead atoms. The van der Waals surface area contributed by atoms with Crippen LogP contribution < -0.4 is 5.73 Å². The monoisotopic (exact) mass is 379 g/mol. The lowest BCUT2D eigenvalue weighted by molar-refractivity contribution is -0.133. The molecule has 0 aromatic carbocycles. The largest absolute Gasteiger partial charge is 0.348 e. The predicted molar refractivity (Wildman–Crippen MR) is 104 cm³/mol. The van der Waals surface area contributed by atoms with Crippen molar-refractivity contribution in [3.8, 4) is 0 Å². The van der Waals surface area contributed by atoms with E-state index in [1.807, 2.05) is 41.7 Å². The molecule has 0 spiro atoms. The number of carbonyl (C=O) groups excluding carboxylic acids is 1. The number of nitrogens with zero attached hydrogens (tertiary/aromatic N) is 5. The van der Waals surface area contributed by atoms with Crippen molar-refractivity contribution >= 4 is 5.91 Å². The minimum atomic E-state index is -0.539. The molecule has 28 heavy (non-hydrogen) atoms. The van der Waals surface area contributed by atoms with Crippen molar-refractivity contribution in [2.24, 2.45) is 5.73 Å². The Bertz CT molecular complexity index is 882. The van der Waals surface area contributed by atoms with Gasteiger partial charge in [-0.3, -0.25) is 9.78 Å². The maximum atomic E-state index is 12.7. The van der Waals surface area contributed by atoms with E-state index >= 15 is 0 Å². The van der Waals surface area contributed by atoms with Gasteiger partial charge in [-0.25, -0.2) is 9.97 Å². The predicted octanol–water partition coefficient (Wildman–Crippen LogP) is 1.33. The lowest BCUT2D eigenvalue weighted by Gasteiger charge is -2.33. The SMILES string of the molecule is N[C@@H](Cc1cnc[nH]1)C(=O)N1CCC(c2nccn2Cc2ccccn2)CC1. The van der Waals surface area contributed by atoms with Gasteiger partial charge in [-0.1, -0.05) is 6.07 Å². The highest BCUT2D eigenvalue weighted by atomic mass is 16.2. The third-order valence-electron chi connectivity index (χ3n) is 5.29. The summed E-state index contributed by atoms with van der Waals surface area (Å²) in [5, 5.41) is 0. The average molecular weight is 379 g/mol. The van der Waals surface area contributed by atoms with Gasteiger partial charge < -0.3 is 20.2 Å². The molecule has 4 rings (SSSR count). The summed E-state index contributed by atoms with van der Waals surface area (Å²) in [4.78, 5) is 30.5. The number of pyridine rings is 1. The highest BCUT2D eigenvalue weighted by Crippen LogP contribution is 2.27. The number of likely N-dealkylation sites (tertiary alicyclic amines) is 1. The Morgan fingerprint density at radius 2 is 2.11 bits per heavy atom. The first-order valence-corrected chi connectivity index (χ1v) is 9.63. The topological polar surface area (TPSA) is 106 Å². The number of nitrogens with two attached hydrogens (primary N) is 1. The van der Waals surface area contributed by atoms with Crippen molar-refractivity contribution < 1.29 is 4.79 Å². The van der Waals surface area contributed by atoms with Gasteiger partial charge in [0.05, 0.1) is 24.6 Å². The van der Waals surface area contributed by atoms with Gasteiger partial charge >= 0.3 is 0 Å². The molecule has 8 heteroatoms. The van der Waals surface area contributed by atoms with Crippen LogP contribution in [0.1, 0.15) is 36.0 Å². The fourth-order valence-electron chi connectivity index (χ4n) is 3.79. The molecule has 0 radical (unpaired) electrons. The first-order valence-electron chi connectivity index (χ1n) is 9.63. The van der Waals surface area contributed by atoms with Crippen molar-refractivity contribution in [1.82, 2.24) is 29.4 Å². The Morgan fingerprint density at radius 3 is 2.82 bits per heavy atom. The van der Waals surface area contributed by atoms with Crippen LogP contribution in [-0.4, -0.2) is 54.4 Å². The Labute approximate surface area is 163 Å². The zero-order chi connectivity index (χ0) is 19.3. The molecule has 3 aromatic heterocycles. The van der Waals surface area contributed by atoms with Crippen LogP contribution in [0.4, 0.5) is 0 Å². The third-order valence-corrected chi connectivity index (χ3v) is 5.29. The third kappa shape index (κ3) is 4.12. The van der Waals surface area contributed by atoms with E-state index in [2.05, 4.69) is 24.5 Å². The van der Waals surface area contributed by atoms with E-state index < -0.39 is 6.04 Å². The van der Waals surface area contributed by atoms with E-state index in [9.17, 15) is 4.79 Å². The molecule has 146 valence electrons. The van der Waals surface area contributed by atoms with E-state index in [-0.39, 0.29) is 5.91 Å². The molecular weight excluding hydrogens is 354 g/mol. The van der Waals surface area contributed by atoms with Gasteiger partial charge in [0.15, 0.2) is 0 Å². The highest BCUT2D eigenvalue weighted by molar-refractivity contribution is 5.82. The van der Waals surface area contributed by atoms with Crippen molar-refractivity contribution in [1.29, 1.82) is 0 Å². The van der Waals surface area contributed by atoms with Gasteiger partial charge in [0.25, 0.3) is 0 Å². The van der Waals surface area contributed by atoms with Crippen LogP contribution in [0.25, 0.3) is 0 Å². The summed E-state index contributed by atoms with van der Waals surface area (Å²) in [6.07, 6.45) is 11.2.